The van der Waals surface area contributed by atoms with Crippen molar-refractivity contribution in [3.05, 3.63) is 18.0 Å². The average molecular weight is 309 g/mol. The van der Waals surface area contributed by atoms with Crippen molar-refractivity contribution < 1.29 is 15.1 Å². The number of hydrogen-bond acceptors (Lipinski definition) is 5. The van der Waals surface area contributed by atoms with Crippen molar-refractivity contribution in [3.63, 3.8) is 0 Å². The summed E-state index contributed by atoms with van der Waals surface area (Å²) < 4.78 is 1.86. The highest BCUT2D eigenvalue weighted by molar-refractivity contribution is 5.99. The SMILES string of the molecule is CN(C)CCC(=NO)c1cnn(C2CCN(C(=O)O)CC2)c1. The number of rotatable bonds is 5. The summed E-state index contributed by atoms with van der Waals surface area (Å²) in [5.74, 6) is 0. The van der Waals surface area contributed by atoms with E-state index >= 15 is 0 Å². The Morgan fingerprint density at radius 1 is 1.45 bits per heavy atom. The molecule has 0 aromatic carbocycles. The minimum absolute atomic E-state index is 0.193. The molecular weight excluding hydrogens is 286 g/mol. The van der Waals surface area contributed by atoms with Crippen LogP contribution in [0.5, 0.6) is 0 Å². The minimum atomic E-state index is -0.863. The number of amides is 1. The topological polar surface area (TPSA) is 94.2 Å². The molecule has 2 N–H and O–H groups in total. The highest BCUT2D eigenvalue weighted by Crippen LogP contribution is 2.22. The number of oxime groups is 1. The first kappa shape index (κ1) is 16.3. The largest absolute Gasteiger partial charge is 0.465 e. The van der Waals surface area contributed by atoms with E-state index in [1.807, 2.05) is 29.9 Å². The molecule has 1 fully saturated rings. The summed E-state index contributed by atoms with van der Waals surface area (Å²) in [6.07, 6.45) is 4.86. The van der Waals surface area contributed by atoms with Gasteiger partial charge in [-0.3, -0.25) is 4.68 Å². The zero-order chi connectivity index (χ0) is 16.1. The van der Waals surface area contributed by atoms with Gasteiger partial charge in [-0.05, 0) is 26.9 Å². The predicted molar refractivity (Wildman–Crippen MR) is 81.6 cm³/mol. The first-order valence-corrected chi connectivity index (χ1v) is 7.39. The first-order valence-electron chi connectivity index (χ1n) is 7.39. The van der Waals surface area contributed by atoms with Crippen LogP contribution in [-0.4, -0.2) is 75.4 Å². The molecule has 0 bridgehead atoms. The van der Waals surface area contributed by atoms with E-state index < -0.39 is 6.09 Å². The number of aromatic nitrogens is 2. The van der Waals surface area contributed by atoms with Crippen molar-refractivity contribution in [2.75, 3.05) is 33.7 Å². The van der Waals surface area contributed by atoms with Gasteiger partial charge in [0.1, 0.15) is 0 Å². The fourth-order valence-corrected chi connectivity index (χ4v) is 2.59. The van der Waals surface area contributed by atoms with Crippen LogP contribution >= 0.6 is 0 Å². The molecule has 0 radical (unpaired) electrons. The van der Waals surface area contributed by atoms with Gasteiger partial charge in [0, 0.05) is 37.8 Å². The number of carbonyl (C=O) groups is 1. The van der Waals surface area contributed by atoms with Crippen molar-refractivity contribution >= 4 is 11.8 Å². The summed E-state index contributed by atoms with van der Waals surface area (Å²) in [4.78, 5) is 14.4. The number of nitrogens with zero attached hydrogens (tertiary/aromatic N) is 5. The summed E-state index contributed by atoms with van der Waals surface area (Å²) >= 11 is 0. The normalized spacial score (nSPS) is 17.2. The lowest BCUT2D eigenvalue weighted by Crippen LogP contribution is -2.38. The van der Waals surface area contributed by atoms with E-state index in [1.165, 1.54) is 4.90 Å². The maximum atomic E-state index is 10.9. The van der Waals surface area contributed by atoms with Gasteiger partial charge in [0.15, 0.2) is 0 Å². The van der Waals surface area contributed by atoms with Crippen LogP contribution in [0, 0.1) is 0 Å². The lowest BCUT2D eigenvalue weighted by atomic mass is 10.1. The molecule has 8 heteroatoms. The van der Waals surface area contributed by atoms with Gasteiger partial charge in [-0.1, -0.05) is 5.16 Å². The molecule has 122 valence electrons. The Kier molecular flexibility index (Phi) is 5.37. The Morgan fingerprint density at radius 2 is 2.14 bits per heavy atom. The number of hydrogen-bond donors (Lipinski definition) is 2. The molecule has 1 saturated heterocycles. The molecule has 1 aromatic heterocycles. The predicted octanol–water partition coefficient (Wildman–Crippen LogP) is 1.33. The average Bonchev–Trinajstić information content (AvgIpc) is 2.97. The molecule has 0 aliphatic carbocycles. The minimum Gasteiger partial charge on any atom is -0.465 e. The molecule has 1 amide bonds. The summed E-state index contributed by atoms with van der Waals surface area (Å²) in [5.41, 5.74) is 1.42. The summed E-state index contributed by atoms with van der Waals surface area (Å²) in [5, 5.41) is 25.9. The van der Waals surface area contributed by atoms with Crippen molar-refractivity contribution in [1.29, 1.82) is 0 Å². The van der Waals surface area contributed by atoms with Crippen LogP contribution in [0.4, 0.5) is 4.79 Å². The van der Waals surface area contributed by atoms with Gasteiger partial charge < -0.3 is 20.1 Å². The van der Waals surface area contributed by atoms with Crippen LogP contribution in [0.3, 0.4) is 0 Å². The molecule has 0 atom stereocenters. The van der Waals surface area contributed by atoms with Crippen LogP contribution < -0.4 is 0 Å². The van der Waals surface area contributed by atoms with Crippen LogP contribution in [-0.2, 0) is 0 Å². The molecule has 0 saturated carbocycles. The highest BCUT2D eigenvalue weighted by Gasteiger charge is 2.24. The molecule has 22 heavy (non-hydrogen) atoms. The van der Waals surface area contributed by atoms with E-state index in [0.717, 1.165) is 24.9 Å². The Labute approximate surface area is 129 Å². The van der Waals surface area contributed by atoms with Crippen LogP contribution in [0.25, 0.3) is 0 Å². The van der Waals surface area contributed by atoms with E-state index in [1.54, 1.807) is 6.20 Å². The van der Waals surface area contributed by atoms with Gasteiger partial charge >= 0.3 is 6.09 Å². The second kappa shape index (κ2) is 7.26. The molecule has 0 unspecified atom stereocenters. The van der Waals surface area contributed by atoms with Gasteiger partial charge in [0.2, 0.25) is 0 Å². The molecule has 0 spiro atoms. The summed E-state index contributed by atoms with van der Waals surface area (Å²) in [6, 6.07) is 0.193. The zero-order valence-electron chi connectivity index (χ0n) is 13.0. The number of piperidine rings is 1. The zero-order valence-corrected chi connectivity index (χ0v) is 13.0. The van der Waals surface area contributed by atoms with Crippen molar-refractivity contribution in [2.24, 2.45) is 5.16 Å². The molecule has 1 aliphatic heterocycles. The summed E-state index contributed by atoms with van der Waals surface area (Å²) in [7, 11) is 3.93. The standard InChI is InChI=1S/C14H23N5O3/c1-17(2)6-5-13(16-22)11-9-15-19(10-11)12-3-7-18(8-4-12)14(20)21/h9-10,12,22H,3-8H2,1-2H3,(H,20,21). The smallest absolute Gasteiger partial charge is 0.407 e. The van der Waals surface area contributed by atoms with Crippen LogP contribution in [0.2, 0.25) is 0 Å². The summed E-state index contributed by atoms with van der Waals surface area (Å²) in [6.45, 7) is 1.84. The Hall–Kier alpha value is -2.09. The third-order valence-electron chi connectivity index (χ3n) is 3.96. The quantitative estimate of drug-likeness (QED) is 0.486. The maximum absolute atomic E-state index is 10.9. The van der Waals surface area contributed by atoms with E-state index in [0.29, 0.717) is 25.2 Å². The lowest BCUT2D eigenvalue weighted by Gasteiger charge is -2.30. The van der Waals surface area contributed by atoms with Crippen molar-refractivity contribution in [2.45, 2.75) is 25.3 Å². The molecule has 8 nitrogen and oxygen atoms in total. The van der Waals surface area contributed by atoms with Gasteiger partial charge in [0.25, 0.3) is 0 Å². The van der Waals surface area contributed by atoms with Crippen LogP contribution in [0.15, 0.2) is 17.5 Å². The van der Waals surface area contributed by atoms with Crippen molar-refractivity contribution in [3.8, 4) is 0 Å². The van der Waals surface area contributed by atoms with E-state index in [-0.39, 0.29) is 6.04 Å². The third-order valence-corrected chi connectivity index (χ3v) is 3.96. The highest BCUT2D eigenvalue weighted by atomic mass is 16.4. The fraction of sp³-hybridized carbons (Fsp3) is 0.643. The molecule has 2 rings (SSSR count). The molecule has 1 aliphatic rings. The molecular formula is C14H23N5O3. The number of carboxylic acid groups (broad SMARTS) is 1. The van der Waals surface area contributed by atoms with Gasteiger partial charge in [-0.2, -0.15) is 5.10 Å². The second-order valence-corrected chi connectivity index (χ2v) is 5.81. The van der Waals surface area contributed by atoms with E-state index in [9.17, 15) is 4.79 Å². The molecule has 2 heterocycles. The van der Waals surface area contributed by atoms with Crippen molar-refractivity contribution in [1.82, 2.24) is 19.6 Å². The van der Waals surface area contributed by atoms with Crippen LogP contribution in [0.1, 0.15) is 30.9 Å². The second-order valence-electron chi connectivity index (χ2n) is 5.81. The van der Waals surface area contributed by atoms with Gasteiger partial charge in [-0.15, -0.1) is 0 Å². The third kappa shape index (κ3) is 3.97. The Balaban J connectivity index is 1.98. The Morgan fingerprint density at radius 3 is 2.68 bits per heavy atom. The van der Waals surface area contributed by atoms with E-state index in [2.05, 4.69) is 10.3 Å². The Bertz CT molecular complexity index is 532. The van der Waals surface area contributed by atoms with Gasteiger partial charge in [-0.25, -0.2) is 4.79 Å². The molecule has 1 aromatic rings. The first-order chi connectivity index (χ1) is 10.5. The maximum Gasteiger partial charge on any atom is 0.407 e. The monoisotopic (exact) mass is 309 g/mol. The van der Waals surface area contributed by atoms with E-state index in [4.69, 9.17) is 10.3 Å². The fourth-order valence-electron chi connectivity index (χ4n) is 2.59. The lowest BCUT2D eigenvalue weighted by molar-refractivity contribution is 0.124. The number of likely N-dealkylation sites (tertiary alicyclic amines) is 1. The van der Waals surface area contributed by atoms with Gasteiger partial charge in [0.05, 0.1) is 18.0 Å².